The summed E-state index contributed by atoms with van der Waals surface area (Å²) < 4.78 is 28.8. The van der Waals surface area contributed by atoms with Gasteiger partial charge in [0, 0.05) is 0 Å². The van der Waals surface area contributed by atoms with E-state index in [-0.39, 0.29) is 12.4 Å². The third-order valence-electron chi connectivity index (χ3n) is 4.98. The molecule has 2 aliphatic heterocycles. The third-order valence-corrected chi connectivity index (χ3v) is 6.00. The fraction of sp³-hybridized carbons (Fsp3) is 0.688. The van der Waals surface area contributed by atoms with Gasteiger partial charge in [0.2, 0.25) is 0 Å². The molecule has 0 bridgehead atoms. The summed E-state index contributed by atoms with van der Waals surface area (Å²) in [5, 5.41) is 9.35. The Labute approximate surface area is 168 Å². The highest BCUT2D eigenvalue weighted by molar-refractivity contribution is 7.47. The lowest BCUT2D eigenvalue weighted by atomic mass is 10.1. The predicted octanol–water partition coefficient (Wildman–Crippen LogP) is 0.531. The minimum absolute atomic E-state index is 0.202. The van der Waals surface area contributed by atoms with Crippen molar-refractivity contribution in [2.45, 2.75) is 45.3 Å². The van der Waals surface area contributed by atoms with Crippen LogP contribution < -0.4 is 5.73 Å². The van der Waals surface area contributed by atoms with Crippen molar-refractivity contribution in [1.82, 2.24) is 24.4 Å². The number of nitrogens with two attached hydrogens (primary N) is 1. The quantitative estimate of drug-likeness (QED) is 0.568. The molecule has 12 nitrogen and oxygen atoms in total. The minimum Gasteiger partial charge on any atom is -0.394 e. The van der Waals surface area contributed by atoms with Gasteiger partial charge in [0.05, 0.1) is 12.9 Å². The fourth-order valence-electron chi connectivity index (χ4n) is 3.38. The molecule has 0 spiro atoms. The van der Waals surface area contributed by atoms with Gasteiger partial charge in [-0.1, -0.05) is 20.8 Å². The standard InChI is InChI=1S/C10H12N5O6P.C6H15N/c11-8-5-9(13-2-12-8)15(3-14-5)10-7-6(4(1-16)19-10)20-22(17,18)21-7;1-4-7(5-2)6-3/h2-4,6-7,10,16H,1H2,(H,17,18)(H2,11,12,13);4-6H2,1-3H3/t4-,6+,7?,10-;/m1./s1. The molecule has 2 aliphatic rings. The number of hydrogen-bond donors (Lipinski definition) is 3. The van der Waals surface area contributed by atoms with E-state index in [9.17, 15) is 14.6 Å². The van der Waals surface area contributed by atoms with Crippen LogP contribution in [0, 0.1) is 0 Å². The highest BCUT2D eigenvalue weighted by Gasteiger charge is 2.57. The highest BCUT2D eigenvalue weighted by Crippen LogP contribution is 2.58. The molecular formula is C16H27N6O6P. The summed E-state index contributed by atoms with van der Waals surface area (Å²) in [7, 11) is -4.16. The average molecular weight is 430 g/mol. The first-order valence-corrected chi connectivity index (χ1v) is 11.0. The van der Waals surface area contributed by atoms with Crippen molar-refractivity contribution in [3.63, 3.8) is 0 Å². The topological polar surface area (TPSA) is 158 Å². The monoisotopic (exact) mass is 430 g/mol. The van der Waals surface area contributed by atoms with Crippen LogP contribution in [-0.4, -0.2) is 79.0 Å². The van der Waals surface area contributed by atoms with Gasteiger partial charge in [-0.05, 0) is 19.6 Å². The zero-order valence-corrected chi connectivity index (χ0v) is 17.5. The lowest BCUT2D eigenvalue weighted by Gasteiger charge is -2.18. The van der Waals surface area contributed by atoms with Crippen LogP contribution in [0.3, 0.4) is 0 Å². The van der Waals surface area contributed by atoms with E-state index in [4.69, 9.17) is 19.5 Å². The molecule has 0 aromatic carbocycles. The van der Waals surface area contributed by atoms with Crippen molar-refractivity contribution in [2.24, 2.45) is 0 Å². The number of nitrogens with zero attached hydrogens (tertiary/aromatic N) is 5. The Bertz CT molecular complexity index is 871. The Morgan fingerprint density at radius 3 is 2.41 bits per heavy atom. The zero-order valence-electron chi connectivity index (χ0n) is 16.6. The lowest BCUT2D eigenvalue weighted by Crippen LogP contribution is -2.30. The lowest BCUT2D eigenvalue weighted by molar-refractivity contribution is -0.0589. The van der Waals surface area contributed by atoms with E-state index < -0.39 is 32.4 Å². The number of aliphatic hydroxyl groups is 1. The van der Waals surface area contributed by atoms with Crippen LogP contribution in [0.2, 0.25) is 0 Å². The zero-order chi connectivity index (χ0) is 21.2. The van der Waals surface area contributed by atoms with Crippen LogP contribution in [-0.2, 0) is 18.3 Å². The second kappa shape index (κ2) is 9.00. The number of nitrogen functional groups attached to an aromatic ring is 1. The summed E-state index contributed by atoms with van der Waals surface area (Å²) in [6.45, 7) is 9.74. The van der Waals surface area contributed by atoms with E-state index >= 15 is 0 Å². The molecule has 4 rings (SSSR count). The molecule has 2 saturated heterocycles. The highest BCUT2D eigenvalue weighted by atomic mass is 31.2. The maximum Gasteiger partial charge on any atom is 0.473 e. The summed E-state index contributed by atoms with van der Waals surface area (Å²) >= 11 is 0. The number of hydrogen-bond acceptors (Lipinski definition) is 10. The Morgan fingerprint density at radius 2 is 1.83 bits per heavy atom. The molecule has 162 valence electrons. The molecule has 0 radical (unpaired) electrons. The Balaban J connectivity index is 0.000000298. The summed E-state index contributed by atoms with van der Waals surface area (Å²) in [6, 6.07) is 0. The number of phosphoric acid groups is 1. The summed E-state index contributed by atoms with van der Waals surface area (Å²) in [6.07, 6.45) is -0.668. The van der Waals surface area contributed by atoms with Crippen molar-refractivity contribution in [3.8, 4) is 0 Å². The summed E-state index contributed by atoms with van der Waals surface area (Å²) in [5.74, 6) is 0.202. The maximum absolute atomic E-state index is 11.6. The van der Waals surface area contributed by atoms with Gasteiger partial charge in [-0.2, -0.15) is 0 Å². The van der Waals surface area contributed by atoms with Gasteiger partial charge in [-0.3, -0.25) is 13.6 Å². The SMILES string of the molecule is CCN(CC)CC.Nc1ncnc2c1ncn2[C@@H]1O[C@H](CO)[C@@H]2OP(=O)(O)OC21. The average Bonchev–Trinajstić information content (AvgIpc) is 3.35. The van der Waals surface area contributed by atoms with Gasteiger partial charge in [0.15, 0.2) is 17.7 Å². The van der Waals surface area contributed by atoms with E-state index in [2.05, 4.69) is 40.6 Å². The second-order valence-corrected chi connectivity index (χ2v) is 7.92. The largest absolute Gasteiger partial charge is 0.473 e. The molecule has 0 amide bonds. The number of fused-ring (bicyclic) bond motifs is 2. The minimum atomic E-state index is -4.16. The normalized spacial score (nSPS) is 31.1. The smallest absolute Gasteiger partial charge is 0.394 e. The van der Waals surface area contributed by atoms with Gasteiger partial charge in [0.1, 0.15) is 30.2 Å². The van der Waals surface area contributed by atoms with Crippen LogP contribution in [0.4, 0.5) is 5.82 Å². The van der Waals surface area contributed by atoms with Gasteiger partial charge in [0.25, 0.3) is 0 Å². The van der Waals surface area contributed by atoms with Gasteiger partial charge >= 0.3 is 7.82 Å². The van der Waals surface area contributed by atoms with Crippen LogP contribution in [0.25, 0.3) is 11.2 Å². The van der Waals surface area contributed by atoms with Crippen LogP contribution in [0.5, 0.6) is 0 Å². The molecule has 2 aromatic rings. The van der Waals surface area contributed by atoms with E-state index in [0.717, 1.165) is 0 Å². The van der Waals surface area contributed by atoms with Crippen LogP contribution in [0.1, 0.15) is 27.0 Å². The number of imidazole rings is 1. The number of ether oxygens (including phenoxy) is 1. The third kappa shape index (κ3) is 4.43. The van der Waals surface area contributed by atoms with Gasteiger partial charge in [-0.15, -0.1) is 0 Å². The van der Waals surface area contributed by atoms with E-state index in [1.54, 1.807) is 0 Å². The molecule has 0 aliphatic carbocycles. The molecule has 2 fully saturated rings. The Kier molecular flexibility index (Phi) is 6.84. The molecule has 2 aromatic heterocycles. The molecular weight excluding hydrogens is 403 g/mol. The van der Waals surface area contributed by atoms with E-state index in [0.29, 0.717) is 11.2 Å². The number of rotatable bonds is 5. The first kappa shape index (κ1) is 22.0. The predicted molar refractivity (Wildman–Crippen MR) is 104 cm³/mol. The summed E-state index contributed by atoms with van der Waals surface area (Å²) in [4.78, 5) is 23.9. The second-order valence-electron chi connectivity index (χ2n) is 6.56. The van der Waals surface area contributed by atoms with Crippen molar-refractivity contribution in [1.29, 1.82) is 0 Å². The van der Waals surface area contributed by atoms with Gasteiger partial charge < -0.3 is 25.4 Å². The van der Waals surface area contributed by atoms with E-state index in [1.807, 2.05) is 0 Å². The van der Waals surface area contributed by atoms with E-state index in [1.165, 1.54) is 36.9 Å². The number of aliphatic hydroxyl groups excluding tert-OH is 1. The first-order valence-electron chi connectivity index (χ1n) is 9.46. The Morgan fingerprint density at radius 1 is 1.17 bits per heavy atom. The van der Waals surface area contributed by atoms with Crippen LogP contribution in [0.15, 0.2) is 12.7 Å². The van der Waals surface area contributed by atoms with Crippen molar-refractivity contribution in [3.05, 3.63) is 12.7 Å². The van der Waals surface area contributed by atoms with Crippen molar-refractivity contribution >= 4 is 24.8 Å². The first-order chi connectivity index (χ1) is 13.8. The molecule has 13 heteroatoms. The molecule has 4 N–H and O–H groups in total. The number of phosphoric ester groups is 1. The summed E-state index contributed by atoms with van der Waals surface area (Å²) in [5.41, 5.74) is 6.49. The molecule has 29 heavy (non-hydrogen) atoms. The van der Waals surface area contributed by atoms with Crippen molar-refractivity contribution in [2.75, 3.05) is 32.0 Å². The van der Waals surface area contributed by atoms with Crippen molar-refractivity contribution < 1.29 is 28.3 Å². The fourth-order valence-corrected chi connectivity index (χ4v) is 4.52. The Hall–Kier alpha value is -1.66. The number of anilines is 1. The molecule has 4 heterocycles. The molecule has 0 saturated carbocycles. The van der Waals surface area contributed by atoms with Gasteiger partial charge in [-0.25, -0.2) is 19.5 Å². The number of aromatic nitrogens is 4. The molecule has 5 atom stereocenters. The van der Waals surface area contributed by atoms with Crippen LogP contribution >= 0.6 is 7.82 Å². The molecule has 2 unspecified atom stereocenters. The maximum atomic E-state index is 11.6.